The van der Waals surface area contributed by atoms with Crippen molar-refractivity contribution in [2.45, 2.75) is 11.2 Å². The van der Waals surface area contributed by atoms with Crippen LogP contribution in [-0.4, -0.2) is 10.2 Å². The molecular formula is C30H24O2. The van der Waals surface area contributed by atoms with E-state index in [0.29, 0.717) is 22.3 Å². The van der Waals surface area contributed by atoms with Crippen LogP contribution in [-0.2, 0) is 11.2 Å². The van der Waals surface area contributed by atoms with Gasteiger partial charge in [-0.2, -0.15) is 0 Å². The van der Waals surface area contributed by atoms with Crippen molar-refractivity contribution in [1.29, 1.82) is 0 Å². The Hall–Kier alpha value is -4.08. The first-order valence-corrected chi connectivity index (χ1v) is 10.2. The van der Waals surface area contributed by atoms with E-state index in [1.54, 1.807) is 0 Å². The summed E-state index contributed by atoms with van der Waals surface area (Å²) in [5.41, 5.74) is 0.158. The fraction of sp³-hybridized carbons (Fsp3) is 0.0667. The highest BCUT2D eigenvalue weighted by molar-refractivity contribution is 5.44. The fourth-order valence-electron chi connectivity index (χ4n) is 3.38. The molecule has 0 fully saturated rings. The van der Waals surface area contributed by atoms with Crippen LogP contribution in [0.4, 0.5) is 0 Å². The molecule has 2 nitrogen and oxygen atoms in total. The molecule has 0 heterocycles. The molecule has 0 aliphatic rings. The van der Waals surface area contributed by atoms with Gasteiger partial charge in [-0.3, -0.25) is 0 Å². The second-order valence-corrected chi connectivity index (χ2v) is 7.17. The number of hydrogen-bond donors (Lipinski definition) is 2. The van der Waals surface area contributed by atoms with Crippen LogP contribution in [0.5, 0.6) is 0 Å². The van der Waals surface area contributed by atoms with E-state index in [1.165, 1.54) is 0 Å². The summed E-state index contributed by atoms with van der Waals surface area (Å²) in [4.78, 5) is 0. The summed E-state index contributed by atoms with van der Waals surface area (Å²) < 4.78 is 0. The first kappa shape index (κ1) is 22.6. The smallest absolute Gasteiger partial charge is 0.176 e. The van der Waals surface area contributed by atoms with Gasteiger partial charge in [0.05, 0.1) is 0 Å². The lowest BCUT2D eigenvalue weighted by atomic mass is 9.87. The van der Waals surface area contributed by atoms with E-state index in [9.17, 15) is 10.2 Å². The van der Waals surface area contributed by atoms with Gasteiger partial charge in [-0.05, 0) is 0 Å². The first-order valence-electron chi connectivity index (χ1n) is 10.2. The standard InChI is InChI=1S/2C15H12O/c2*1-2-15(16,13-9-5-3-6-10-13)14-11-7-4-8-12-14/h2*1,3-12,16H. The molecule has 2 heteroatoms. The molecule has 4 rings (SSSR count). The molecule has 0 aromatic heterocycles. The number of rotatable bonds is 4. The molecule has 0 saturated heterocycles. The number of aliphatic hydroxyl groups is 2. The van der Waals surface area contributed by atoms with Crippen LogP contribution in [0, 0.1) is 24.7 Å². The number of hydrogen-bond acceptors (Lipinski definition) is 2. The Morgan fingerprint density at radius 3 is 0.750 bits per heavy atom. The van der Waals surface area contributed by atoms with Crippen molar-refractivity contribution in [3.05, 3.63) is 144 Å². The summed E-state index contributed by atoms with van der Waals surface area (Å²) in [6.07, 6.45) is 10.9. The van der Waals surface area contributed by atoms with Gasteiger partial charge in [0.25, 0.3) is 0 Å². The van der Waals surface area contributed by atoms with E-state index < -0.39 is 11.2 Å². The summed E-state index contributed by atoms with van der Waals surface area (Å²) in [5, 5.41) is 21.1. The summed E-state index contributed by atoms with van der Waals surface area (Å²) in [6.45, 7) is 0. The minimum atomic E-state index is -1.34. The Morgan fingerprint density at radius 1 is 0.406 bits per heavy atom. The first-order chi connectivity index (χ1) is 15.5. The lowest BCUT2D eigenvalue weighted by Crippen LogP contribution is -2.24. The van der Waals surface area contributed by atoms with Crippen molar-refractivity contribution in [3.8, 4) is 24.7 Å². The normalized spacial score (nSPS) is 10.8. The molecule has 0 amide bonds. The maximum Gasteiger partial charge on any atom is 0.176 e. The molecule has 4 aromatic carbocycles. The molecule has 32 heavy (non-hydrogen) atoms. The molecule has 0 atom stereocenters. The van der Waals surface area contributed by atoms with Gasteiger partial charge in [0.1, 0.15) is 0 Å². The van der Waals surface area contributed by atoms with Crippen LogP contribution in [0.1, 0.15) is 22.3 Å². The third kappa shape index (κ3) is 4.80. The molecule has 0 aliphatic heterocycles. The average molecular weight is 417 g/mol. The molecule has 156 valence electrons. The largest absolute Gasteiger partial charge is 0.369 e. The Labute approximate surface area is 189 Å². The maximum atomic E-state index is 10.5. The van der Waals surface area contributed by atoms with Gasteiger partial charge >= 0.3 is 0 Å². The summed E-state index contributed by atoms with van der Waals surface area (Å²) in [5.74, 6) is 4.93. The minimum Gasteiger partial charge on any atom is -0.369 e. The van der Waals surface area contributed by atoms with E-state index in [-0.39, 0.29) is 0 Å². The van der Waals surface area contributed by atoms with Crippen molar-refractivity contribution in [2.75, 3.05) is 0 Å². The van der Waals surface area contributed by atoms with E-state index in [2.05, 4.69) is 11.8 Å². The summed E-state index contributed by atoms with van der Waals surface area (Å²) in [7, 11) is 0. The van der Waals surface area contributed by atoms with Crippen molar-refractivity contribution in [2.24, 2.45) is 0 Å². The molecule has 0 bridgehead atoms. The van der Waals surface area contributed by atoms with Crippen molar-refractivity contribution < 1.29 is 10.2 Å². The van der Waals surface area contributed by atoms with Gasteiger partial charge in [0.15, 0.2) is 11.2 Å². The van der Waals surface area contributed by atoms with Crippen LogP contribution >= 0.6 is 0 Å². The third-order valence-electron chi connectivity index (χ3n) is 5.18. The van der Waals surface area contributed by atoms with Crippen LogP contribution < -0.4 is 0 Å². The Kier molecular flexibility index (Phi) is 7.27. The van der Waals surface area contributed by atoms with Gasteiger partial charge in [-0.1, -0.05) is 133 Å². The molecule has 2 N–H and O–H groups in total. The zero-order valence-electron chi connectivity index (χ0n) is 17.6. The van der Waals surface area contributed by atoms with Crippen LogP contribution in [0.15, 0.2) is 121 Å². The highest BCUT2D eigenvalue weighted by Crippen LogP contribution is 2.29. The van der Waals surface area contributed by atoms with Crippen molar-refractivity contribution in [3.63, 3.8) is 0 Å². The van der Waals surface area contributed by atoms with Gasteiger partial charge in [-0.15, -0.1) is 12.8 Å². The summed E-state index contributed by atoms with van der Waals surface area (Å²) in [6, 6.07) is 37.1. The van der Waals surface area contributed by atoms with Gasteiger partial charge < -0.3 is 10.2 Å². The van der Waals surface area contributed by atoms with E-state index >= 15 is 0 Å². The zero-order chi connectivity index (χ0) is 22.9. The van der Waals surface area contributed by atoms with Crippen molar-refractivity contribution >= 4 is 0 Å². The highest BCUT2D eigenvalue weighted by atomic mass is 16.3. The van der Waals surface area contributed by atoms with E-state index in [1.807, 2.05) is 121 Å². The number of terminal acetylenes is 2. The predicted molar refractivity (Wildman–Crippen MR) is 129 cm³/mol. The Bertz CT molecular complexity index is 1010. The Morgan fingerprint density at radius 2 is 0.594 bits per heavy atom. The second-order valence-electron chi connectivity index (χ2n) is 7.17. The lowest BCUT2D eigenvalue weighted by molar-refractivity contribution is 0.145. The van der Waals surface area contributed by atoms with Gasteiger partial charge in [0.2, 0.25) is 0 Å². The fourth-order valence-corrected chi connectivity index (χ4v) is 3.38. The summed E-state index contributed by atoms with van der Waals surface area (Å²) >= 11 is 0. The molecule has 4 aromatic rings. The van der Waals surface area contributed by atoms with Crippen LogP contribution in [0.2, 0.25) is 0 Å². The maximum absolute atomic E-state index is 10.5. The molecule has 0 unspecified atom stereocenters. The van der Waals surface area contributed by atoms with Gasteiger partial charge in [0, 0.05) is 22.3 Å². The number of benzene rings is 4. The molecule has 0 spiro atoms. The quantitative estimate of drug-likeness (QED) is 0.454. The van der Waals surface area contributed by atoms with Crippen molar-refractivity contribution in [1.82, 2.24) is 0 Å². The lowest BCUT2D eigenvalue weighted by Gasteiger charge is -2.23. The average Bonchev–Trinajstić information content (AvgIpc) is 2.90. The predicted octanol–water partition coefficient (Wildman–Crippen LogP) is 5.11. The molecule has 0 aliphatic carbocycles. The molecule has 0 saturated carbocycles. The SMILES string of the molecule is C#CC(O)(c1ccccc1)c1ccccc1.C#CC(O)(c1ccccc1)c1ccccc1. The third-order valence-corrected chi connectivity index (χ3v) is 5.18. The zero-order valence-corrected chi connectivity index (χ0v) is 17.6. The highest BCUT2D eigenvalue weighted by Gasteiger charge is 2.29. The second kappa shape index (κ2) is 10.3. The van der Waals surface area contributed by atoms with Gasteiger partial charge in [-0.25, -0.2) is 0 Å². The topological polar surface area (TPSA) is 40.5 Å². The monoisotopic (exact) mass is 416 g/mol. The Balaban J connectivity index is 0.000000181. The van der Waals surface area contributed by atoms with E-state index in [4.69, 9.17) is 12.8 Å². The minimum absolute atomic E-state index is 0.712. The van der Waals surface area contributed by atoms with E-state index in [0.717, 1.165) is 0 Å². The molecular weight excluding hydrogens is 392 g/mol. The van der Waals surface area contributed by atoms with Crippen LogP contribution in [0.3, 0.4) is 0 Å². The van der Waals surface area contributed by atoms with Crippen LogP contribution in [0.25, 0.3) is 0 Å². The molecule has 0 radical (unpaired) electrons.